The van der Waals surface area contributed by atoms with Gasteiger partial charge in [-0.05, 0) is 33.5 Å². The molecule has 0 atom stereocenters. The van der Waals surface area contributed by atoms with Gasteiger partial charge >= 0.3 is 0 Å². The summed E-state index contributed by atoms with van der Waals surface area (Å²) in [5.74, 6) is 1.13. The molecular weight excluding hydrogens is 378 g/mol. The van der Waals surface area contributed by atoms with Crippen LogP contribution in [0.25, 0.3) is 44.7 Å². The Labute approximate surface area is 173 Å². The van der Waals surface area contributed by atoms with E-state index in [1.807, 2.05) is 60.7 Å². The molecule has 0 unspecified atom stereocenters. The van der Waals surface area contributed by atoms with E-state index in [-0.39, 0.29) is 5.28 Å². The average molecular weight is 394 g/mol. The molecule has 138 valence electrons. The van der Waals surface area contributed by atoms with Gasteiger partial charge in [-0.3, -0.25) is 0 Å². The van der Waals surface area contributed by atoms with Gasteiger partial charge in [-0.1, -0.05) is 97.1 Å². The zero-order chi connectivity index (χ0) is 19.6. The minimum absolute atomic E-state index is 0.181. The Morgan fingerprint density at radius 2 is 1.07 bits per heavy atom. The first kappa shape index (κ1) is 17.5. The summed E-state index contributed by atoms with van der Waals surface area (Å²) in [5, 5.41) is 2.40. The second kappa shape index (κ2) is 7.46. The van der Waals surface area contributed by atoms with Crippen molar-refractivity contribution in [3.8, 4) is 33.9 Å². The standard InChI is InChI=1S/C25H16ClN3/c26-25-28-23(21-15-7-6-14-19(21)17-9-2-1-3-10-17)27-24(29-25)22-16-8-12-18-11-4-5-13-20(18)22/h1-16H. The molecule has 5 rings (SSSR count). The summed E-state index contributed by atoms with van der Waals surface area (Å²) >= 11 is 6.34. The van der Waals surface area contributed by atoms with Crippen LogP contribution in [0.4, 0.5) is 0 Å². The fraction of sp³-hybridized carbons (Fsp3) is 0. The van der Waals surface area contributed by atoms with Crippen molar-refractivity contribution in [2.24, 2.45) is 0 Å². The third-order valence-corrected chi connectivity index (χ3v) is 5.06. The summed E-state index contributed by atoms with van der Waals surface area (Å²) in [6.07, 6.45) is 0. The summed E-state index contributed by atoms with van der Waals surface area (Å²) in [6.45, 7) is 0. The van der Waals surface area contributed by atoms with Crippen LogP contribution in [0.15, 0.2) is 97.1 Å². The van der Waals surface area contributed by atoms with Crippen molar-refractivity contribution in [1.29, 1.82) is 0 Å². The molecule has 29 heavy (non-hydrogen) atoms. The summed E-state index contributed by atoms with van der Waals surface area (Å²) in [5.41, 5.74) is 4.01. The Bertz CT molecular complexity index is 1310. The molecule has 5 aromatic rings. The topological polar surface area (TPSA) is 38.7 Å². The van der Waals surface area contributed by atoms with Gasteiger partial charge in [0.05, 0.1) is 0 Å². The van der Waals surface area contributed by atoms with Gasteiger partial charge < -0.3 is 0 Å². The maximum atomic E-state index is 6.34. The number of fused-ring (bicyclic) bond motifs is 1. The van der Waals surface area contributed by atoms with Crippen molar-refractivity contribution in [3.05, 3.63) is 102 Å². The predicted molar refractivity (Wildman–Crippen MR) is 119 cm³/mol. The number of aromatic nitrogens is 3. The lowest BCUT2D eigenvalue weighted by Gasteiger charge is -2.11. The molecule has 1 heterocycles. The van der Waals surface area contributed by atoms with E-state index in [4.69, 9.17) is 16.6 Å². The van der Waals surface area contributed by atoms with E-state index in [0.29, 0.717) is 11.6 Å². The van der Waals surface area contributed by atoms with Crippen molar-refractivity contribution in [1.82, 2.24) is 15.0 Å². The molecule has 0 aliphatic heterocycles. The molecule has 0 bridgehead atoms. The monoisotopic (exact) mass is 393 g/mol. The molecule has 0 saturated heterocycles. The van der Waals surface area contributed by atoms with Gasteiger partial charge in [-0.25, -0.2) is 4.98 Å². The van der Waals surface area contributed by atoms with Crippen LogP contribution in [-0.4, -0.2) is 15.0 Å². The third-order valence-electron chi connectivity index (χ3n) is 4.89. The number of hydrogen-bond acceptors (Lipinski definition) is 3. The average Bonchev–Trinajstić information content (AvgIpc) is 2.79. The fourth-order valence-electron chi connectivity index (χ4n) is 3.56. The summed E-state index contributed by atoms with van der Waals surface area (Å²) in [4.78, 5) is 13.7. The van der Waals surface area contributed by atoms with E-state index in [0.717, 1.165) is 33.0 Å². The van der Waals surface area contributed by atoms with E-state index < -0.39 is 0 Å². The maximum Gasteiger partial charge on any atom is 0.226 e. The molecule has 0 amide bonds. The van der Waals surface area contributed by atoms with Crippen LogP contribution in [0, 0.1) is 0 Å². The van der Waals surface area contributed by atoms with Crippen LogP contribution in [0.5, 0.6) is 0 Å². The highest BCUT2D eigenvalue weighted by Gasteiger charge is 2.14. The Morgan fingerprint density at radius 1 is 0.483 bits per heavy atom. The van der Waals surface area contributed by atoms with Crippen LogP contribution in [-0.2, 0) is 0 Å². The quantitative estimate of drug-likeness (QED) is 0.343. The number of benzene rings is 4. The van der Waals surface area contributed by atoms with Crippen LogP contribution in [0.2, 0.25) is 5.28 Å². The highest BCUT2D eigenvalue weighted by atomic mass is 35.5. The zero-order valence-corrected chi connectivity index (χ0v) is 16.2. The molecule has 4 aromatic carbocycles. The maximum absolute atomic E-state index is 6.34. The second-order valence-electron chi connectivity index (χ2n) is 6.69. The summed E-state index contributed by atoms with van der Waals surface area (Å²) < 4.78 is 0. The smallest absolute Gasteiger partial charge is 0.208 e. The van der Waals surface area contributed by atoms with Gasteiger partial charge in [0, 0.05) is 11.1 Å². The van der Waals surface area contributed by atoms with Crippen molar-refractivity contribution in [2.75, 3.05) is 0 Å². The molecule has 0 saturated carbocycles. The first-order valence-corrected chi connectivity index (χ1v) is 9.72. The van der Waals surface area contributed by atoms with Crippen LogP contribution >= 0.6 is 11.6 Å². The number of hydrogen-bond donors (Lipinski definition) is 0. The minimum atomic E-state index is 0.181. The molecule has 0 fully saturated rings. The van der Waals surface area contributed by atoms with Crippen molar-refractivity contribution in [3.63, 3.8) is 0 Å². The lowest BCUT2D eigenvalue weighted by atomic mass is 9.99. The Hall–Kier alpha value is -3.56. The Kier molecular flexibility index (Phi) is 4.51. The van der Waals surface area contributed by atoms with Crippen LogP contribution in [0.1, 0.15) is 0 Å². The van der Waals surface area contributed by atoms with E-state index >= 15 is 0 Å². The minimum Gasteiger partial charge on any atom is -0.208 e. The molecule has 0 radical (unpaired) electrons. The van der Waals surface area contributed by atoms with E-state index in [1.54, 1.807) is 0 Å². The largest absolute Gasteiger partial charge is 0.226 e. The van der Waals surface area contributed by atoms with E-state index in [2.05, 4.69) is 46.4 Å². The SMILES string of the molecule is Clc1nc(-c2ccccc2-c2ccccc2)nc(-c2cccc3ccccc23)n1. The highest BCUT2D eigenvalue weighted by molar-refractivity contribution is 6.28. The molecular formula is C25H16ClN3. The van der Waals surface area contributed by atoms with Gasteiger partial charge in [0.2, 0.25) is 5.28 Å². The second-order valence-corrected chi connectivity index (χ2v) is 7.03. The molecule has 0 N–H and O–H groups in total. The van der Waals surface area contributed by atoms with Gasteiger partial charge in [-0.2, -0.15) is 9.97 Å². The molecule has 0 aliphatic rings. The highest BCUT2D eigenvalue weighted by Crippen LogP contribution is 2.32. The number of nitrogens with zero attached hydrogens (tertiary/aromatic N) is 3. The normalized spacial score (nSPS) is 10.9. The van der Waals surface area contributed by atoms with Crippen molar-refractivity contribution < 1.29 is 0 Å². The molecule has 4 heteroatoms. The van der Waals surface area contributed by atoms with Crippen molar-refractivity contribution in [2.45, 2.75) is 0 Å². The van der Waals surface area contributed by atoms with Gasteiger partial charge in [0.25, 0.3) is 0 Å². The van der Waals surface area contributed by atoms with Crippen molar-refractivity contribution >= 4 is 22.4 Å². The fourth-order valence-corrected chi connectivity index (χ4v) is 3.72. The van der Waals surface area contributed by atoms with E-state index in [1.165, 1.54) is 0 Å². The van der Waals surface area contributed by atoms with Gasteiger partial charge in [-0.15, -0.1) is 0 Å². The number of halogens is 1. The summed E-state index contributed by atoms with van der Waals surface area (Å²) in [7, 11) is 0. The molecule has 0 spiro atoms. The van der Waals surface area contributed by atoms with Gasteiger partial charge in [0.15, 0.2) is 11.6 Å². The lowest BCUT2D eigenvalue weighted by Crippen LogP contribution is -1.99. The summed E-state index contributed by atoms with van der Waals surface area (Å²) in [6, 6.07) is 32.6. The lowest BCUT2D eigenvalue weighted by molar-refractivity contribution is 1.07. The van der Waals surface area contributed by atoms with E-state index in [9.17, 15) is 0 Å². The molecule has 3 nitrogen and oxygen atoms in total. The number of rotatable bonds is 3. The predicted octanol–water partition coefficient (Wildman–Crippen LogP) is 6.68. The third kappa shape index (κ3) is 3.37. The first-order chi connectivity index (χ1) is 14.3. The Morgan fingerprint density at radius 3 is 1.90 bits per heavy atom. The van der Waals surface area contributed by atoms with Crippen LogP contribution < -0.4 is 0 Å². The Balaban J connectivity index is 1.71. The van der Waals surface area contributed by atoms with Crippen LogP contribution in [0.3, 0.4) is 0 Å². The van der Waals surface area contributed by atoms with Gasteiger partial charge in [0.1, 0.15) is 0 Å². The molecule has 0 aliphatic carbocycles. The zero-order valence-electron chi connectivity index (χ0n) is 15.5. The first-order valence-electron chi connectivity index (χ1n) is 9.34. The molecule has 1 aromatic heterocycles.